The van der Waals surface area contributed by atoms with Crippen LogP contribution in [0.3, 0.4) is 0 Å². The Morgan fingerprint density at radius 1 is 1.29 bits per heavy atom. The molecule has 1 fully saturated rings. The number of hydrogen-bond acceptors (Lipinski definition) is 6. The summed E-state index contributed by atoms with van der Waals surface area (Å²) in [6, 6.07) is 7.35. The van der Waals surface area contributed by atoms with E-state index in [0.29, 0.717) is 5.84 Å². The SMILES string of the molecule is CCOC(=O)/C(C)=N\N=C1/NNC(=O)CC1c1ccc(OC)cc1. The van der Waals surface area contributed by atoms with Gasteiger partial charge < -0.3 is 9.47 Å². The normalized spacial score (nSPS) is 19.5. The van der Waals surface area contributed by atoms with Gasteiger partial charge in [0.15, 0.2) is 5.84 Å². The van der Waals surface area contributed by atoms with Crippen LogP contribution < -0.4 is 15.6 Å². The second kappa shape index (κ2) is 8.09. The first kappa shape index (κ1) is 17.5. The lowest BCUT2D eigenvalue weighted by Gasteiger charge is -2.25. The maximum Gasteiger partial charge on any atom is 0.354 e. The quantitative estimate of drug-likeness (QED) is 0.478. The topological polar surface area (TPSA) is 101 Å². The van der Waals surface area contributed by atoms with Crippen LogP contribution in [0.1, 0.15) is 31.7 Å². The number of amidine groups is 1. The van der Waals surface area contributed by atoms with Gasteiger partial charge in [-0.05, 0) is 31.5 Å². The molecule has 1 aromatic rings. The van der Waals surface area contributed by atoms with Gasteiger partial charge in [-0.15, -0.1) is 10.2 Å². The highest BCUT2D eigenvalue weighted by atomic mass is 16.5. The largest absolute Gasteiger partial charge is 0.497 e. The lowest BCUT2D eigenvalue weighted by molar-refractivity contribution is -0.135. The molecule has 1 unspecified atom stereocenters. The average molecular weight is 332 g/mol. The van der Waals surface area contributed by atoms with Gasteiger partial charge in [0.2, 0.25) is 5.91 Å². The molecular formula is C16H20N4O4. The van der Waals surface area contributed by atoms with Crippen LogP contribution in [0, 0.1) is 0 Å². The third-order valence-electron chi connectivity index (χ3n) is 3.45. The van der Waals surface area contributed by atoms with Crippen LogP contribution in [0.4, 0.5) is 0 Å². The van der Waals surface area contributed by atoms with Gasteiger partial charge in [0.1, 0.15) is 11.5 Å². The van der Waals surface area contributed by atoms with E-state index in [0.717, 1.165) is 11.3 Å². The number of benzene rings is 1. The molecule has 1 amide bonds. The molecule has 0 saturated carbocycles. The predicted molar refractivity (Wildman–Crippen MR) is 88.8 cm³/mol. The number of ether oxygens (including phenoxy) is 2. The summed E-state index contributed by atoms with van der Waals surface area (Å²) in [4.78, 5) is 23.2. The van der Waals surface area contributed by atoms with E-state index in [1.807, 2.05) is 24.3 Å². The van der Waals surface area contributed by atoms with Crippen LogP contribution in [0.25, 0.3) is 0 Å². The minimum absolute atomic E-state index is 0.136. The Kier molecular flexibility index (Phi) is 5.89. The van der Waals surface area contributed by atoms with Gasteiger partial charge in [0.25, 0.3) is 0 Å². The van der Waals surface area contributed by atoms with E-state index < -0.39 is 5.97 Å². The number of amides is 1. The molecule has 2 rings (SSSR count). The zero-order chi connectivity index (χ0) is 17.5. The van der Waals surface area contributed by atoms with E-state index in [9.17, 15) is 9.59 Å². The van der Waals surface area contributed by atoms with Crippen molar-refractivity contribution in [2.24, 2.45) is 10.2 Å². The molecule has 8 nitrogen and oxygen atoms in total. The molecule has 2 N–H and O–H groups in total. The van der Waals surface area contributed by atoms with Crippen molar-refractivity contribution in [3.8, 4) is 5.75 Å². The first-order chi connectivity index (χ1) is 11.5. The molecule has 1 saturated heterocycles. The van der Waals surface area contributed by atoms with E-state index in [1.165, 1.54) is 6.92 Å². The van der Waals surface area contributed by atoms with Gasteiger partial charge in [0.05, 0.1) is 19.6 Å². The number of esters is 1. The highest BCUT2D eigenvalue weighted by Gasteiger charge is 2.27. The van der Waals surface area contributed by atoms with Gasteiger partial charge in [-0.2, -0.15) is 0 Å². The third-order valence-corrected chi connectivity index (χ3v) is 3.45. The van der Waals surface area contributed by atoms with Crippen LogP contribution in [0.2, 0.25) is 0 Å². The van der Waals surface area contributed by atoms with Crippen LogP contribution in [-0.2, 0) is 14.3 Å². The summed E-state index contributed by atoms with van der Waals surface area (Å²) >= 11 is 0. The fourth-order valence-electron chi connectivity index (χ4n) is 2.17. The Bertz CT molecular complexity index is 667. The monoisotopic (exact) mass is 332 g/mol. The second-order valence-corrected chi connectivity index (χ2v) is 5.09. The van der Waals surface area contributed by atoms with Crippen molar-refractivity contribution in [1.82, 2.24) is 10.9 Å². The van der Waals surface area contributed by atoms with Crippen molar-refractivity contribution in [3.63, 3.8) is 0 Å². The maximum absolute atomic E-state index is 11.7. The molecule has 0 bridgehead atoms. The lowest BCUT2D eigenvalue weighted by atomic mass is 9.93. The van der Waals surface area contributed by atoms with Crippen molar-refractivity contribution in [2.45, 2.75) is 26.2 Å². The summed E-state index contributed by atoms with van der Waals surface area (Å²) in [6.45, 7) is 3.51. The average Bonchev–Trinajstić information content (AvgIpc) is 2.60. The summed E-state index contributed by atoms with van der Waals surface area (Å²) in [5, 5.41) is 7.96. The molecule has 24 heavy (non-hydrogen) atoms. The predicted octanol–water partition coefficient (Wildman–Crippen LogP) is 1.14. The van der Waals surface area contributed by atoms with Crippen molar-refractivity contribution >= 4 is 23.4 Å². The molecule has 1 aliphatic heterocycles. The lowest BCUT2D eigenvalue weighted by Crippen LogP contribution is -2.50. The van der Waals surface area contributed by atoms with Gasteiger partial charge in [-0.1, -0.05) is 12.1 Å². The Morgan fingerprint density at radius 3 is 2.62 bits per heavy atom. The van der Waals surface area contributed by atoms with Crippen molar-refractivity contribution < 1.29 is 19.1 Å². The Hall–Kier alpha value is -2.90. The van der Waals surface area contributed by atoms with E-state index in [-0.39, 0.29) is 30.6 Å². The Labute approximate surface area is 139 Å². The van der Waals surface area contributed by atoms with E-state index >= 15 is 0 Å². The zero-order valence-electron chi connectivity index (χ0n) is 13.8. The number of rotatable bonds is 5. The number of carbonyl (C=O) groups excluding carboxylic acids is 2. The van der Waals surface area contributed by atoms with Gasteiger partial charge in [0, 0.05) is 6.42 Å². The molecule has 0 spiro atoms. The van der Waals surface area contributed by atoms with Crippen molar-refractivity contribution in [2.75, 3.05) is 13.7 Å². The third kappa shape index (κ3) is 4.31. The van der Waals surface area contributed by atoms with Gasteiger partial charge in [-0.3, -0.25) is 15.6 Å². The maximum atomic E-state index is 11.7. The fraction of sp³-hybridized carbons (Fsp3) is 0.375. The first-order valence-electron chi connectivity index (χ1n) is 7.53. The van der Waals surface area contributed by atoms with Gasteiger partial charge >= 0.3 is 5.97 Å². The number of methoxy groups -OCH3 is 1. The first-order valence-corrected chi connectivity index (χ1v) is 7.53. The van der Waals surface area contributed by atoms with Crippen LogP contribution in [0.5, 0.6) is 5.75 Å². The highest BCUT2D eigenvalue weighted by molar-refractivity contribution is 6.35. The number of carbonyl (C=O) groups is 2. The summed E-state index contributed by atoms with van der Waals surface area (Å²) in [7, 11) is 1.59. The Morgan fingerprint density at radius 2 is 2.00 bits per heavy atom. The molecule has 0 radical (unpaired) electrons. The molecule has 0 aromatic heterocycles. The fourth-order valence-corrected chi connectivity index (χ4v) is 2.17. The molecule has 1 aromatic carbocycles. The molecule has 8 heteroatoms. The van der Waals surface area contributed by atoms with Crippen molar-refractivity contribution in [3.05, 3.63) is 29.8 Å². The summed E-state index contributed by atoms with van der Waals surface area (Å²) in [5.41, 5.74) is 6.26. The molecule has 128 valence electrons. The van der Waals surface area contributed by atoms with E-state index in [4.69, 9.17) is 9.47 Å². The van der Waals surface area contributed by atoms with Crippen molar-refractivity contribution in [1.29, 1.82) is 0 Å². The number of hydrogen-bond donors (Lipinski definition) is 2. The molecule has 1 atom stereocenters. The highest BCUT2D eigenvalue weighted by Crippen LogP contribution is 2.25. The summed E-state index contributed by atoms with van der Waals surface area (Å²) in [5.74, 6) is 0.206. The van der Waals surface area contributed by atoms with Crippen LogP contribution in [-0.4, -0.2) is 37.1 Å². The minimum atomic E-state index is -0.525. The van der Waals surface area contributed by atoms with E-state index in [2.05, 4.69) is 21.1 Å². The standard InChI is InChI=1S/C16H20N4O4/c1-4-24-16(22)10(2)17-19-15-13(9-14(21)18-20-15)11-5-7-12(23-3)8-6-11/h5-8,13H,4,9H2,1-3H3,(H,18,21)(H,19,20)/b17-10-. The minimum Gasteiger partial charge on any atom is -0.497 e. The van der Waals surface area contributed by atoms with Crippen LogP contribution >= 0.6 is 0 Å². The van der Waals surface area contributed by atoms with E-state index in [1.54, 1.807) is 14.0 Å². The van der Waals surface area contributed by atoms with Gasteiger partial charge in [-0.25, -0.2) is 4.79 Å². The Balaban J connectivity index is 2.24. The molecule has 0 aliphatic carbocycles. The molecular weight excluding hydrogens is 312 g/mol. The van der Waals surface area contributed by atoms with Crippen LogP contribution in [0.15, 0.2) is 34.5 Å². The molecule has 1 heterocycles. The second-order valence-electron chi connectivity index (χ2n) is 5.09. The summed E-state index contributed by atoms with van der Waals surface area (Å²) in [6.07, 6.45) is 0.228. The number of hydrazine groups is 1. The zero-order valence-corrected chi connectivity index (χ0v) is 13.8. The smallest absolute Gasteiger partial charge is 0.354 e. The summed E-state index contributed by atoms with van der Waals surface area (Å²) < 4.78 is 9.99. The number of nitrogens with zero attached hydrogens (tertiary/aromatic N) is 2. The number of nitrogens with one attached hydrogen (secondary N) is 2. The molecule has 1 aliphatic rings.